The standard InChI is InChI=1S/C12H9F2NO3/c13-8-1-2-9(14)7(5-8)6-15-11-4-3-10(18-11)12(16)17/h1-5,15H,6H2,(H,16,17). The van der Waals surface area contributed by atoms with E-state index in [1.54, 1.807) is 0 Å². The first-order chi connectivity index (χ1) is 8.56. The van der Waals surface area contributed by atoms with Crippen LogP contribution in [0.2, 0.25) is 0 Å². The summed E-state index contributed by atoms with van der Waals surface area (Å²) in [5.41, 5.74) is 0.128. The van der Waals surface area contributed by atoms with Crippen molar-refractivity contribution in [2.45, 2.75) is 6.54 Å². The quantitative estimate of drug-likeness (QED) is 0.879. The van der Waals surface area contributed by atoms with Crippen LogP contribution in [-0.4, -0.2) is 11.1 Å². The van der Waals surface area contributed by atoms with Crippen molar-refractivity contribution in [3.8, 4) is 0 Å². The van der Waals surface area contributed by atoms with Gasteiger partial charge in [-0.3, -0.25) is 0 Å². The highest BCUT2D eigenvalue weighted by atomic mass is 19.1. The molecule has 0 aliphatic heterocycles. The Morgan fingerprint density at radius 1 is 1.28 bits per heavy atom. The van der Waals surface area contributed by atoms with Crippen LogP contribution in [0.25, 0.3) is 0 Å². The summed E-state index contributed by atoms with van der Waals surface area (Å²) >= 11 is 0. The average Bonchev–Trinajstić information content (AvgIpc) is 2.79. The third kappa shape index (κ3) is 2.65. The number of furan rings is 1. The zero-order valence-corrected chi connectivity index (χ0v) is 9.11. The molecule has 2 aromatic rings. The van der Waals surface area contributed by atoms with Gasteiger partial charge >= 0.3 is 5.97 Å². The Morgan fingerprint density at radius 3 is 2.72 bits per heavy atom. The van der Waals surface area contributed by atoms with Crippen LogP contribution in [0.1, 0.15) is 16.1 Å². The fourth-order valence-electron chi connectivity index (χ4n) is 1.41. The molecular formula is C12H9F2NO3. The van der Waals surface area contributed by atoms with Gasteiger partial charge in [0.15, 0.2) is 5.88 Å². The summed E-state index contributed by atoms with van der Waals surface area (Å²) in [5.74, 6) is -2.33. The Hall–Kier alpha value is -2.37. The molecule has 0 aliphatic carbocycles. The first-order valence-corrected chi connectivity index (χ1v) is 5.07. The highest BCUT2D eigenvalue weighted by molar-refractivity contribution is 5.84. The van der Waals surface area contributed by atoms with Gasteiger partial charge in [-0.1, -0.05) is 0 Å². The number of carbonyl (C=O) groups is 1. The number of carboxylic acid groups (broad SMARTS) is 1. The number of anilines is 1. The van der Waals surface area contributed by atoms with Crippen molar-refractivity contribution in [1.29, 1.82) is 0 Å². The second kappa shape index (κ2) is 4.87. The molecular weight excluding hydrogens is 244 g/mol. The Balaban J connectivity index is 2.06. The average molecular weight is 253 g/mol. The number of benzene rings is 1. The topological polar surface area (TPSA) is 62.5 Å². The van der Waals surface area contributed by atoms with Crippen molar-refractivity contribution in [2.24, 2.45) is 0 Å². The molecule has 0 bridgehead atoms. The van der Waals surface area contributed by atoms with E-state index in [-0.39, 0.29) is 23.8 Å². The van der Waals surface area contributed by atoms with Crippen LogP contribution in [0, 0.1) is 11.6 Å². The Morgan fingerprint density at radius 2 is 2.06 bits per heavy atom. The number of nitrogens with one attached hydrogen (secondary N) is 1. The minimum atomic E-state index is -1.19. The SMILES string of the molecule is O=C(O)c1ccc(NCc2cc(F)ccc2F)o1. The van der Waals surface area contributed by atoms with Gasteiger partial charge in [0.1, 0.15) is 11.6 Å². The summed E-state index contributed by atoms with van der Waals surface area (Å²) in [6.45, 7) is -0.00380. The molecule has 4 nitrogen and oxygen atoms in total. The van der Waals surface area contributed by atoms with Gasteiger partial charge in [0, 0.05) is 18.2 Å². The first kappa shape index (κ1) is 12.1. The highest BCUT2D eigenvalue weighted by Gasteiger charge is 2.09. The zero-order chi connectivity index (χ0) is 13.1. The van der Waals surface area contributed by atoms with Gasteiger partial charge in [-0.05, 0) is 24.3 Å². The van der Waals surface area contributed by atoms with Gasteiger partial charge < -0.3 is 14.8 Å². The van der Waals surface area contributed by atoms with E-state index in [0.29, 0.717) is 0 Å². The predicted molar refractivity (Wildman–Crippen MR) is 59.4 cm³/mol. The van der Waals surface area contributed by atoms with Crippen LogP contribution >= 0.6 is 0 Å². The van der Waals surface area contributed by atoms with Crippen LogP contribution in [0.15, 0.2) is 34.7 Å². The second-order valence-electron chi connectivity index (χ2n) is 3.56. The van der Waals surface area contributed by atoms with E-state index < -0.39 is 17.6 Å². The maximum atomic E-state index is 13.3. The zero-order valence-electron chi connectivity index (χ0n) is 9.11. The van der Waals surface area contributed by atoms with Crippen molar-refractivity contribution in [1.82, 2.24) is 0 Å². The van der Waals surface area contributed by atoms with Gasteiger partial charge in [-0.15, -0.1) is 0 Å². The number of rotatable bonds is 4. The summed E-state index contributed by atoms with van der Waals surface area (Å²) in [7, 11) is 0. The molecule has 0 fully saturated rings. The largest absolute Gasteiger partial charge is 0.475 e. The van der Waals surface area contributed by atoms with E-state index in [1.165, 1.54) is 12.1 Å². The first-order valence-electron chi connectivity index (χ1n) is 5.07. The molecule has 94 valence electrons. The van der Waals surface area contributed by atoms with Gasteiger partial charge in [0.25, 0.3) is 0 Å². The van der Waals surface area contributed by atoms with E-state index in [1.807, 2.05) is 0 Å². The fraction of sp³-hybridized carbons (Fsp3) is 0.0833. The molecule has 0 amide bonds. The monoisotopic (exact) mass is 253 g/mol. The van der Waals surface area contributed by atoms with Crippen molar-refractivity contribution >= 4 is 11.9 Å². The van der Waals surface area contributed by atoms with E-state index in [4.69, 9.17) is 9.52 Å². The number of carboxylic acids is 1. The van der Waals surface area contributed by atoms with Crippen LogP contribution < -0.4 is 5.32 Å². The second-order valence-corrected chi connectivity index (χ2v) is 3.56. The van der Waals surface area contributed by atoms with Crippen molar-refractivity contribution in [3.05, 3.63) is 53.3 Å². The molecule has 1 heterocycles. The summed E-state index contributed by atoms with van der Waals surface area (Å²) in [5, 5.41) is 11.3. The van der Waals surface area contributed by atoms with Crippen LogP contribution in [0.4, 0.5) is 14.7 Å². The van der Waals surface area contributed by atoms with Crippen molar-refractivity contribution in [3.63, 3.8) is 0 Å². The molecule has 0 atom stereocenters. The smallest absolute Gasteiger partial charge is 0.371 e. The summed E-state index contributed by atoms with van der Waals surface area (Å²) < 4.78 is 31.1. The van der Waals surface area contributed by atoms with E-state index in [2.05, 4.69) is 5.32 Å². The molecule has 6 heteroatoms. The third-order valence-electron chi connectivity index (χ3n) is 2.28. The van der Waals surface area contributed by atoms with E-state index in [9.17, 15) is 13.6 Å². The Bertz CT molecular complexity index is 580. The molecule has 1 aromatic carbocycles. The minimum Gasteiger partial charge on any atom is -0.475 e. The summed E-state index contributed by atoms with van der Waals surface area (Å²) in [4.78, 5) is 10.6. The van der Waals surface area contributed by atoms with Crippen LogP contribution in [0.5, 0.6) is 0 Å². The molecule has 0 unspecified atom stereocenters. The number of hydrogen-bond acceptors (Lipinski definition) is 3. The summed E-state index contributed by atoms with van der Waals surface area (Å²) in [6, 6.07) is 5.78. The maximum Gasteiger partial charge on any atom is 0.371 e. The van der Waals surface area contributed by atoms with Crippen molar-refractivity contribution in [2.75, 3.05) is 5.32 Å². The fourth-order valence-corrected chi connectivity index (χ4v) is 1.41. The van der Waals surface area contributed by atoms with Gasteiger partial charge in [0.2, 0.25) is 5.76 Å². The Labute approximate surface area is 101 Å². The lowest BCUT2D eigenvalue weighted by atomic mass is 10.2. The lowest BCUT2D eigenvalue weighted by Gasteiger charge is -2.04. The molecule has 0 spiro atoms. The molecule has 18 heavy (non-hydrogen) atoms. The molecule has 0 aliphatic rings. The van der Waals surface area contributed by atoms with Crippen LogP contribution in [0.3, 0.4) is 0 Å². The van der Waals surface area contributed by atoms with E-state index in [0.717, 1.165) is 18.2 Å². The van der Waals surface area contributed by atoms with Crippen molar-refractivity contribution < 1.29 is 23.1 Å². The molecule has 0 saturated heterocycles. The lowest BCUT2D eigenvalue weighted by Crippen LogP contribution is -2.01. The number of halogens is 2. The van der Waals surface area contributed by atoms with Gasteiger partial charge in [-0.25, -0.2) is 13.6 Å². The van der Waals surface area contributed by atoms with Gasteiger partial charge in [-0.2, -0.15) is 0 Å². The highest BCUT2D eigenvalue weighted by Crippen LogP contribution is 2.16. The van der Waals surface area contributed by atoms with E-state index >= 15 is 0 Å². The lowest BCUT2D eigenvalue weighted by molar-refractivity contribution is 0.0663. The Kier molecular flexibility index (Phi) is 3.27. The molecule has 0 radical (unpaired) electrons. The minimum absolute atomic E-state index is 0.00380. The normalized spacial score (nSPS) is 10.3. The molecule has 2 N–H and O–H groups in total. The number of hydrogen-bond donors (Lipinski definition) is 2. The number of aromatic carboxylic acids is 1. The molecule has 1 aromatic heterocycles. The molecule has 0 saturated carbocycles. The molecule has 2 rings (SSSR count). The third-order valence-corrected chi connectivity index (χ3v) is 2.28. The predicted octanol–water partition coefficient (Wildman–Crippen LogP) is 2.87. The summed E-state index contributed by atoms with van der Waals surface area (Å²) in [6.07, 6.45) is 0. The maximum absolute atomic E-state index is 13.3. The van der Waals surface area contributed by atoms with Crippen LogP contribution in [-0.2, 0) is 6.54 Å². The van der Waals surface area contributed by atoms with Gasteiger partial charge in [0.05, 0.1) is 0 Å².